The van der Waals surface area contributed by atoms with Crippen LogP contribution in [0, 0.1) is 0 Å². The molecule has 0 bridgehead atoms. The molecule has 3 N–H and O–H groups in total. The van der Waals surface area contributed by atoms with Crippen molar-refractivity contribution in [2.24, 2.45) is 0 Å². The Bertz CT molecular complexity index is 1000. The lowest BCUT2D eigenvalue weighted by Gasteiger charge is -2.20. The summed E-state index contributed by atoms with van der Waals surface area (Å²) in [7, 11) is 1.58. The number of benzene rings is 2. The third-order valence-electron chi connectivity index (χ3n) is 4.25. The lowest BCUT2D eigenvalue weighted by Crippen LogP contribution is -2.40. The normalized spacial score (nSPS) is 13.6. The number of nitrogens with one attached hydrogen (secondary N) is 3. The smallest absolute Gasteiger partial charge is 0.262 e. The molecule has 0 radical (unpaired) electrons. The van der Waals surface area contributed by atoms with E-state index in [2.05, 4.69) is 16.0 Å². The molecule has 0 aromatic heterocycles. The summed E-state index contributed by atoms with van der Waals surface area (Å²) >= 11 is 6.17. The lowest BCUT2D eigenvalue weighted by molar-refractivity contribution is -0.123. The number of halogens is 1. The molecule has 0 aliphatic carbocycles. The van der Waals surface area contributed by atoms with Crippen LogP contribution in [0.1, 0.15) is 12.5 Å². The zero-order valence-corrected chi connectivity index (χ0v) is 17.1. The van der Waals surface area contributed by atoms with Crippen LogP contribution >= 0.6 is 11.6 Å². The summed E-state index contributed by atoms with van der Waals surface area (Å²) in [6.07, 6.45) is 2.97. The third-order valence-corrected chi connectivity index (χ3v) is 4.57. The van der Waals surface area contributed by atoms with Crippen molar-refractivity contribution in [3.05, 3.63) is 53.1 Å². The molecule has 9 heteroatoms. The first-order chi connectivity index (χ1) is 14.4. The van der Waals surface area contributed by atoms with Crippen molar-refractivity contribution in [1.29, 1.82) is 0 Å². The highest BCUT2D eigenvalue weighted by Gasteiger charge is 2.21. The van der Waals surface area contributed by atoms with Gasteiger partial charge in [-0.25, -0.2) is 0 Å². The molecule has 3 rings (SSSR count). The first kappa shape index (κ1) is 21.2. The van der Waals surface area contributed by atoms with Gasteiger partial charge in [0.15, 0.2) is 6.61 Å². The Balaban J connectivity index is 1.58. The van der Waals surface area contributed by atoms with Crippen molar-refractivity contribution in [3.8, 4) is 11.5 Å². The molecule has 1 unspecified atom stereocenters. The van der Waals surface area contributed by atoms with E-state index in [1.54, 1.807) is 44.4 Å². The maximum atomic E-state index is 12.4. The molecule has 1 aliphatic rings. The fraction of sp³-hybridized carbons (Fsp3) is 0.190. The van der Waals surface area contributed by atoms with Gasteiger partial charge in [-0.1, -0.05) is 23.7 Å². The number of methoxy groups -OCH3 is 1. The lowest BCUT2D eigenvalue weighted by atomic mass is 10.2. The Morgan fingerprint density at radius 1 is 1.27 bits per heavy atom. The molecule has 1 heterocycles. The van der Waals surface area contributed by atoms with Gasteiger partial charge >= 0.3 is 0 Å². The summed E-state index contributed by atoms with van der Waals surface area (Å²) in [5.74, 6) is -0.0442. The average molecular weight is 430 g/mol. The van der Waals surface area contributed by atoms with Gasteiger partial charge in [-0.05, 0) is 36.8 Å². The highest BCUT2D eigenvalue weighted by molar-refractivity contribution is 6.34. The fourth-order valence-corrected chi connectivity index (χ4v) is 2.86. The first-order valence-corrected chi connectivity index (χ1v) is 9.43. The van der Waals surface area contributed by atoms with Gasteiger partial charge in [-0.2, -0.15) is 0 Å². The van der Waals surface area contributed by atoms with Crippen LogP contribution in [0.4, 0.5) is 11.4 Å². The van der Waals surface area contributed by atoms with Gasteiger partial charge in [0.25, 0.3) is 5.91 Å². The topological polar surface area (TPSA) is 106 Å². The largest absolute Gasteiger partial charge is 0.497 e. The van der Waals surface area contributed by atoms with E-state index in [1.165, 1.54) is 18.2 Å². The molecular formula is C21H20ClN3O5. The fourth-order valence-electron chi connectivity index (χ4n) is 2.65. The molecule has 2 aromatic rings. The van der Waals surface area contributed by atoms with Crippen LogP contribution < -0.4 is 25.4 Å². The van der Waals surface area contributed by atoms with Gasteiger partial charge < -0.3 is 25.4 Å². The molecule has 3 amide bonds. The number of hydrogen-bond acceptors (Lipinski definition) is 5. The van der Waals surface area contributed by atoms with Crippen molar-refractivity contribution in [3.63, 3.8) is 0 Å². The molecule has 8 nitrogen and oxygen atoms in total. The van der Waals surface area contributed by atoms with Crippen LogP contribution in [0.15, 0.2) is 42.5 Å². The number of rotatable bonds is 6. The number of carbonyl (C=O) groups excluding carboxylic acids is 3. The maximum Gasteiger partial charge on any atom is 0.262 e. The van der Waals surface area contributed by atoms with Crippen molar-refractivity contribution in [2.75, 3.05) is 24.4 Å². The van der Waals surface area contributed by atoms with E-state index in [-0.39, 0.29) is 17.5 Å². The zero-order valence-electron chi connectivity index (χ0n) is 16.3. The number of anilines is 2. The summed E-state index contributed by atoms with van der Waals surface area (Å²) in [6, 6.07) is 9.38. The Kier molecular flexibility index (Phi) is 6.58. The summed E-state index contributed by atoms with van der Waals surface area (Å²) < 4.78 is 10.4. The summed E-state index contributed by atoms with van der Waals surface area (Å²) in [6.45, 7) is 1.44. The highest BCUT2D eigenvalue weighted by atomic mass is 35.5. The Morgan fingerprint density at radius 2 is 2.00 bits per heavy atom. The molecule has 0 saturated heterocycles. The zero-order chi connectivity index (χ0) is 21.7. The molecule has 1 aliphatic heterocycles. The monoisotopic (exact) mass is 429 g/mol. The Morgan fingerprint density at radius 3 is 2.70 bits per heavy atom. The van der Waals surface area contributed by atoms with Crippen LogP contribution in [0.2, 0.25) is 5.02 Å². The number of amides is 3. The first-order valence-electron chi connectivity index (χ1n) is 9.05. The van der Waals surface area contributed by atoms with Crippen LogP contribution in [0.3, 0.4) is 0 Å². The Labute approximate surface area is 178 Å². The van der Waals surface area contributed by atoms with Gasteiger partial charge in [0.1, 0.15) is 17.5 Å². The van der Waals surface area contributed by atoms with Crippen molar-refractivity contribution in [2.45, 2.75) is 13.0 Å². The Hall–Kier alpha value is -3.52. The van der Waals surface area contributed by atoms with Crippen molar-refractivity contribution in [1.82, 2.24) is 5.32 Å². The van der Waals surface area contributed by atoms with E-state index in [1.807, 2.05) is 0 Å². The third kappa shape index (κ3) is 5.30. The summed E-state index contributed by atoms with van der Waals surface area (Å²) in [4.78, 5) is 35.9. The quantitative estimate of drug-likeness (QED) is 0.612. The van der Waals surface area contributed by atoms with Crippen molar-refractivity contribution < 1.29 is 23.9 Å². The van der Waals surface area contributed by atoms with E-state index in [0.29, 0.717) is 17.1 Å². The minimum Gasteiger partial charge on any atom is -0.497 e. The molecule has 0 fully saturated rings. The van der Waals surface area contributed by atoms with Crippen LogP contribution in [0.25, 0.3) is 6.08 Å². The molecule has 1 atom stereocenters. The van der Waals surface area contributed by atoms with Gasteiger partial charge in [0.05, 0.1) is 23.5 Å². The van der Waals surface area contributed by atoms with E-state index in [9.17, 15) is 14.4 Å². The maximum absolute atomic E-state index is 12.4. The van der Waals surface area contributed by atoms with Gasteiger partial charge in [-0.15, -0.1) is 0 Å². The van der Waals surface area contributed by atoms with Crippen LogP contribution in [-0.4, -0.2) is 37.5 Å². The molecule has 156 valence electrons. The predicted molar refractivity (Wildman–Crippen MR) is 114 cm³/mol. The summed E-state index contributed by atoms with van der Waals surface area (Å²) in [5.41, 5.74) is 1.56. The van der Waals surface area contributed by atoms with Gasteiger partial charge in [0, 0.05) is 12.1 Å². The SMILES string of the molecule is COc1ccc(/C=C/C(=O)NC(C)C(=O)Nc2cc3c(cc2Cl)NC(=O)CO3)cc1. The standard InChI is InChI=1S/C21H20ClN3O5/c1-12(23-19(26)8-5-13-3-6-14(29-2)7-4-13)21(28)25-16-10-18-17(9-15(16)22)24-20(27)11-30-18/h3-10,12H,11H2,1-2H3,(H,23,26)(H,24,27)(H,25,28)/b8-5+. The van der Waals surface area contributed by atoms with Crippen LogP contribution in [0.5, 0.6) is 11.5 Å². The van der Waals surface area contributed by atoms with E-state index < -0.39 is 17.9 Å². The second-order valence-corrected chi connectivity index (χ2v) is 6.90. The van der Waals surface area contributed by atoms with Crippen LogP contribution in [-0.2, 0) is 14.4 Å². The molecule has 2 aromatic carbocycles. The average Bonchev–Trinajstić information content (AvgIpc) is 2.73. The minimum atomic E-state index is -0.814. The van der Waals surface area contributed by atoms with E-state index in [0.717, 1.165) is 11.3 Å². The van der Waals surface area contributed by atoms with E-state index in [4.69, 9.17) is 21.1 Å². The second kappa shape index (κ2) is 9.32. The molecule has 30 heavy (non-hydrogen) atoms. The number of fused-ring (bicyclic) bond motifs is 1. The number of ether oxygens (including phenoxy) is 2. The van der Waals surface area contributed by atoms with Gasteiger partial charge in [0.2, 0.25) is 11.8 Å². The predicted octanol–water partition coefficient (Wildman–Crippen LogP) is 2.84. The van der Waals surface area contributed by atoms with E-state index >= 15 is 0 Å². The molecule has 0 saturated carbocycles. The molecule has 0 spiro atoms. The highest BCUT2D eigenvalue weighted by Crippen LogP contribution is 2.36. The van der Waals surface area contributed by atoms with Crippen molar-refractivity contribution >= 4 is 46.8 Å². The summed E-state index contributed by atoms with van der Waals surface area (Å²) in [5, 5.41) is 8.09. The molecular weight excluding hydrogens is 410 g/mol. The number of carbonyl (C=O) groups is 3. The number of hydrogen-bond donors (Lipinski definition) is 3. The minimum absolute atomic E-state index is 0.116. The second-order valence-electron chi connectivity index (χ2n) is 6.49. The van der Waals surface area contributed by atoms with Gasteiger partial charge in [-0.3, -0.25) is 14.4 Å².